The minimum Gasteiger partial charge on any atom is -0.307 e. The minimum atomic E-state index is -4.81. The van der Waals surface area contributed by atoms with Gasteiger partial charge >= 0.3 is 12.2 Å². The molecule has 1 aliphatic rings. The maximum absolute atomic E-state index is 14.0. The third kappa shape index (κ3) is 3.00. The highest BCUT2D eigenvalue weighted by molar-refractivity contribution is 6.03. The first-order valence-corrected chi connectivity index (χ1v) is 8.45. The average Bonchev–Trinajstić information content (AvgIpc) is 3.19. The first-order chi connectivity index (χ1) is 14.0. The molecular formula is C17H12F6N6O. The third-order valence-electron chi connectivity index (χ3n) is 4.85. The molecule has 4 rings (SSSR count). The van der Waals surface area contributed by atoms with Crippen LogP contribution in [-0.4, -0.2) is 38.3 Å². The van der Waals surface area contributed by atoms with Gasteiger partial charge in [0, 0.05) is 24.5 Å². The van der Waals surface area contributed by atoms with Crippen LogP contribution in [0.15, 0.2) is 30.6 Å². The summed E-state index contributed by atoms with van der Waals surface area (Å²) in [7, 11) is 0. The van der Waals surface area contributed by atoms with Crippen LogP contribution in [0, 0.1) is 5.95 Å². The van der Waals surface area contributed by atoms with Crippen molar-refractivity contribution in [2.45, 2.75) is 24.9 Å². The van der Waals surface area contributed by atoms with Crippen molar-refractivity contribution in [2.24, 2.45) is 0 Å². The molecule has 0 spiro atoms. The Bertz CT molecular complexity index is 1150. The number of anilines is 2. The van der Waals surface area contributed by atoms with Crippen LogP contribution in [0.2, 0.25) is 0 Å². The van der Waals surface area contributed by atoms with Gasteiger partial charge in [-0.05, 0) is 19.1 Å². The molecule has 0 saturated heterocycles. The first-order valence-electron chi connectivity index (χ1n) is 8.45. The number of rotatable bonds is 2. The van der Waals surface area contributed by atoms with E-state index in [-0.39, 0.29) is 17.0 Å². The molecule has 2 amide bonds. The molecule has 0 saturated carbocycles. The minimum absolute atomic E-state index is 0.0772. The molecule has 4 heterocycles. The average molecular weight is 430 g/mol. The largest absolute Gasteiger partial charge is 0.401 e. The Morgan fingerprint density at radius 2 is 2.00 bits per heavy atom. The number of amides is 2. The van der Waals surface area contributed by atoms with E-state index in [9.17, 15) is 31.1 Å². The Morgan fingerprint density at radius 3 is 2.67 bits per heavy atom. The summed E-state index contributed by atoms with van der Waals surface area (Å²) < 4.78 is 81.8. The highest BCUT2D eigenvalue weighted by atomic mass is 19.4. The third-order valence-corrected chi connectivity index (χ3v) is 4.85. The van der Waals surface area contributed by atoms with E-state index in [1.54, 1.807) is 0 Å². The van der Waals surface area contributed by atoms with Gasteiger partial charge in [0.1, 0.15) is 11.1 Å². The fourth-order valence-electron chi connectivity index (χ4n) is 3.33. The summed E-state index contributed by atoms with van der Waals surface area (Å²) in [4.78, 5) is 20.8. The van der Waals surface area contributed by atoms with Crippen LogP contribution in [0.4, 0.5) is 42.5 Å². The predicted molar refractivity (Wildman–Crippen MR) is 91.9 cm³/mol. The Morgan fingerprint density at radius 1 is 1.27 bits per heavy atom. The summed E-state index contributed by atoms with van der Waals surface area (Å²) in [5.41, 5.74) is -4.10. The van der Waals surface area contributed by atoms with Crippen LogP contribution < -0.4 is 10.2 Å². The van der Waals surface area contributed by atoms with E-state index >= 15 is 0 Å². The second kappa shape index (κ2) is 6.57. The SMILES string of the molecule is C[C@]1(C(F)(F)F)CN(C(=O)Nc2ccnc(C(F)F)c2)c2cnc3cc(F)nn3c21. The topological polar surface area (TPSA) is 75.4 Å². The number of alkyl halides is 5. The van der Waals surface area contributed by atoms with Gasteiger partial charge in [-0.15, -0.1) is 5.10 Å². The Labute approximate surface area is 164 Å². The molecule has 7 nitrogen and oxygen atoms in total. The van der Waals surface area contributed by atoms with E-state index in [1.807, 2.05) is 0 Å². The van der Waals surface area contributed by atoms with Gasteiger partial charge in [0.2, 0.25) is 5.95 Å². The molecule has 1 aliphatic heterocycles. The Hall–Kier alpha value is -3.38. The molecule has 13 heteroatoms. The number of carbonyl (C=O) groups excluding carboxylic acids is 1. The van der Waals surface area contributed by atoms with E-state index in [4.69, 9.17) is 0 Å². The van der Waals surface area contributed by atoms with Crippen molar-refractivity contribution in [3.63, 3.8) is 0 Å². The van der Waals surface area contributed by atoms with E-state index in [1.165, 1.54) is 6.07 Å². The van der Waals surface area contributed by atoms with Gasteiger partial charge < -0.3 is 5.32 Å². The fraction of sp³-hybridized carbons (Fsp3) is 0.294. The molecule has 30 heavy (non-hydrogen) atoms. The van der Waals surface area contributed by atoms with Gasteiger partial charge in [-0.1, -0.05) is 0 Å². The normalized spacial score (nSPS) is 18.9. The number of hydrogen-bond donors (Lipinski definition) is 1. The molecule has 0 fully saturated rings. The van der Waals surface area contributed by atoms with Gasteiger partial charge in [-0.2, -0.15) is 17.6 Å². The lowest BCUT2D eigenvalue weighted by molar-refractivity contribution is -0.181. The lowest BCUT2D eigenvalue weighted by atomic mass is 9.88. The summed E-state index contributed by atoms with van der Waals surface area (Å²) in [6.45, 7) is 0.0200. The van der Waals surface area contributed by atoms with Crippen LogP contribution in [0.1, 0.15) is 24.7 Å². The number of fused-ring (bicyclic) bond motifs is 3. The Balaban J connectivity index is 1.77. The maximum atomic E-state index is 14.0. The van der Waals surface area contributed by atoms with Gasteiger partial charge in [0.15, 0.2) is 5.65 Å². The summed E-state index contributed by atoms with van der Waals surface area (Å²) in [5, 5.41) is 5.72. The van der Waals surface area contributed by atoms with Crippen LogP contribution in [-0.2, 0) is 5.41 Å². The van der Waals surface area contributed by atoms with E-state index in [0.717, 1.165) is 36.4 Å². The molecule has 3 aromatic rings. The van der Waals surface area contributed by atoms with Crippen molar-refractivity contribution in [3.8, 4) is 0 Å². The molecule has 1 atom stereocenters. The van der Waals surface area contributed by atoms with E-state index < -0.39 is 47.9 Å². The number of nitrogens with zero attached hydrogens (tertiary/aromatic N) is 5. The number of carbonyl (C=O) groups is 1. The monoisotopic (exact) mass is 430 g/mol. The maximum Gasteiger partial charge on any atom is 0.401 e. The van der Waals surface area contributed by atoms with Gasteiger partial charge in [-0.25, -0.2) is 23.1 Å². The van der Waals surface area contributed by atoms with Crippen molar-refractivity contribution in [1.82, 2.24) is 19.6 Å². The molecule has 158 valence electrons. The van der Waals surface area contributed by atoms with Crippen LogP contribution in [0.3, 0.4) is 0 Å². The van der Waals surface area contributed by atoms with Crippen molar-refractivity contribution in [1.29, 1.82) is 0 Å². The molecule has 3 aromatic heterocycles. The molecule has 0 radical (unpaired) electrons. The van der Waals surface area contributed by atoms with Gasteiger partial charge in [0.05, 0.1) is 17.6 Å². The summed E-state index contributed by atoms with van der Waals surface area (Å²) in [5.74, 6) is -1.03. The summed E-state index contributed by atoms with van der Waals surface area (Å²) in [6.07, 6.45) is -5.66. The smallest absolute Gasteiger partial charge is 0.307 e. The van der Waals surface area contributed by atoms with E-state index in [0.29, 0.717) is 4.52 Å². The van der Waals surface area contributed by atoms with Gasteiger partial charge in [0.25, 0.3) is 6.43 Å². The molecule has 0 aliphatic carbocycles. The number of pyridine rings is 1. The fourth-order valence-corrected chi connectivity index (χ4v) is 3.33. The number of halogens is 6. The standard InChI is InChI=1S/C17H12F6N6O/c1-16(17(21,22)23)7-28(10-6-25-12-5-11(18)27-29(12)13(10)16)15(30)26-8-2-3-24-9(4-8)14(19)20/h2-6,14H,7H2,1H3,(H,24,26,30)/t16-/m0/s1. The summed E-state index contributed by atoms with van der Waals surface area (Å²) in [6, 6.07) is 1.98. The number of urea groups is 1. The zero-order chi connectivity index (χ0) is 21.8. The lowest BCUT2D eigenvalue weighted by Gasteiger charge is -2.28. The highest BCUT2D eigenvalue weighted by Crippen LogP contribution is 2.49. The highest BCUT2D eigenvalue weighted by Gasteiger charge is 2.60. The summed E-state index contributed by atoms with van der Waals surface area (Å²) >= 11 is 0. The molecule has 0 bridgehead atoms. The molecule has 0 aromatic carbocycles. The second-order valence-corrected chi connectivity index (χ2v) is 6.85. The number of hydrogen-bond acceptors (Lipinski definition) is 4. The second-order valence-electron chi connectivity index (χ2n) is 6.85. The van der Waals surface area contributed by atoms with Crippen LogP contribution in [0.5, 0.6) is 0 Å². The van der Waals surface area contributed by atoms with E-state index in [2.05, 4.69) is 20.4 Å². The Kier molecular flexibility index (Phi) is 4.36. The van der Waals surface area contributed by atoms with Crippen LogP contribution in [0.25, 0.3) is 5.65 Å². The molecule has 1 N–H and O–H groups in total. The lowest BCUT2D eigenvalue weighted by Crippen LogP contribution is -2.46. The quantitative estimate of drug-likeness (QED) is 0.622. The molecule has 0 unspecified atom stereocenters. The first kappa shape index (κ1) is 19.9. The van der Waals surface area contributed by atoms with Crippen molar-refractivity contribution < 1.29 is 31.1 Å². The number of aromatic nitrogens is 4. The van der Waals surface area contributed by atoms with Crippen molar-refractivity contribution in [3.05, 3.63) is 47.9 Å². The zero-order valence-electron chi connectivity index (χ0n) is 15.1. The molecular weight excluding hydrogens is 418 g/mol. The zero-order valence-corrected chi connectivity index (χ0v) is 15.1. The van der Waals surface area contributed by atoms with Crippen LogP contribution >= 0.6 is 0 Å². The van der Waals surface area contributed by atoms with Crippen molar-refractivity contribution in [2.75, 3.05) is 16.8 Å². The predicted octanol–water partition coefficient (Wildman–Crippen LogP) is 4.07. The van der Waals surface area contributed by atoms with Gasteiger partial charge in [-0.3, -0.25) is 9.88 Å². The van der Waals surface area contributed by atoms with Crippen molar-refractivity contribution >= 4 is 23.1 Å². The number of nitrogens with one attached hydrogen (secondary N) is 1.